The van der Waals surface area contributed by atoms with Crippen molar-refractivity contribution in [1.29, 1.82) is 0 Å². The van der Waals surface area contributed by atoms with E-state index in [9.17, 15) is 76.6 Å². The Hall–Kier alpha value is -2.04. The average molecular weight is 1090 g/mol. The number of hydrogen-bond acceptors (Lipinski definition) is 25. The van der Waals surface area contributed by atoms with Gasteiger partial charge in [-0.15, -0.1) is 6.58 Å². The average Bonchev–Trinajstić information content (AvgIpc) is 3.38. The van der Waals surface area contributed by atoms with Gasteiger partial charge in [0, 0.05) is 0 Å². The van der Waals surface area contributed by atoms with E-state index < -0.39 is 179 Å². The molecule has 0 aromatic heterocycles. The molecule has 0 aromatic carbocycles. The highest BCUT2D eigenvalue weighted by Gasteiger charge is 2.54. The van der Waals surface area contributed by atoms with Crippen molar-refractivity contribution in [3.63, 3.8) is 0 Å². The van der Waals surface area contributed by atoms with Crippen molar-refractivity contribution in [2.24, 2.45) is 0 Å². The van der Waals surface area contributed by atoms with Gasteiger partial charge in [0.05, 0.1) is 44.2 Å². The third kappa shape index (κ3) is 16.3. The third-order valence-corrected chi connectivity index (χ3v) is 14.4. The summed E-state index contributed by atoms with van der Waals surface area (Å²) in [6.45, 7) is 12.4. The maximum absolute atomic E-state index is 11.3. The lowest BCUT2D eigenvalue weighted by Crippen LogP contribution is -2.65. The Morgan fingerprint density at radius 1 is 0.467 bits per heavy atom. The monoisotopic (exact) mass is 1080 g/mol. The highest BCUT2D eigenvalue weighted by molar-refractivity contribution is 5.08. The van der Waals surface area contributed by atoms with Crippen molar-refractivity contribution in [2.75, 3.05) is 26.4 Å². The van der Waals surface area contributed by atoms with Gasteiger partial charge in [0.2, 0.25) is 0 Å². The van der Waals surface area contributed by atoms with Gasteiger partial charge in [-0.25, -0.2) is 0 Å². The SMILES string of the molecule is C=CC(C)(CCC=C(C)CCC=C(C)CCC=C(C)CO[C@@H]1O[C@H](CO[C@@H]2O[C@@H](C)[C@H](O)[C@@H](O)[C@H]2O)[C@@H](O[C@@H]2O[C@@H](C)[C@H](O)[C@@H](O)[C@H]2O)[C@H](O)[C@H]1O)O[C@@H]1O[C@H](CO)[C@@H](O)[C@H](O)[C@H]1O[C@@H]1O[C@H](CO)[C@@H](O)[C@H](O)[C@H]1O. The van der Waals surface area contributed by atoms with Gasteiger partial charge in [0.25, 0.3) is 0 Å². The third-order valence-electron chi connectivity index (χ3n) is 14.4. The Balaban J connectivity index is 1.10. The van der Waals surface area contributed by atoms with E-state index in [-0.39, 0.29) is 6.61 Å². The zero-order valence-electron chi connectivity index (χ0n) is 43.3. The topological polar surface area (TPSA) is 396 Å². The quantitative estimate of drug-likeness (QED) is 0.0413. The molecule has 0 saturated carbocycles. The number of allylic oxidation sites excluding steroid dienone is 5. The Kier molecular flexibility index (Phi) is 24.6. The Labute approximate surface area is 436 Å². The normalized spacial score (nSPS) is 44.3. The lowest BCUT2D eigenvalue weighted by Gasteiger charge is -2.47. The van der Waals surface area contributed by atoms with E-state index >= 15 is 0 Å². The first kappa shape index (κ1) is 63.8. The van der Waals surface area contributed by atoms with Gasteiger partial charge < -0.3 is 124 Å². The molecule has 434 valence electrons. The summed E-state index contributed by atoms with van der Waals surface area (Å²) in [4.78, 5) is 0. The van der Waals surface area contributed by atoms with E-state index in [1.54, 1.807) is 6.92 Å². The Morgan fingerprint density at radius 2 is 0.880 bits per heavy atom. The second-order valence-electron chi connectivity index (χ2n) is 20.5. The summed E-state index contributed by atoms with van der Waals surface area (Å²) in [7, 11) is 0. The molecule has 5 aliphatic heterocycles. The lowest BCUT2D eigenvalue weighted by molar-refractivity contribution is -0.375. The van der Waals surface area contributed by atoms with Crippen LogP contribution in [0.25, 0.3) is 0 Å². The van der Waals surface area contributed by atoms with E-state index in [4.69, 9.17) is 47.4 Å². The van der Waals surface area contributed by atoms with Crippen LogP contribution in [-0.2, 0) is 47.4 Å². The van der Waals surface area contributed by atoms with Crippen molar-refractivity contribution >= 4 is 0 Å². The van der Waals surface area contributed by atoms with E-state index in [0.717, 1.165) is 36.0 Å². The van der Waals surface area contributed by atoms with Crippen molar-refractivity contribution < 1.29 is 124 Å². The molecule has 5 saturated heterocycles. The van der Waals surface area contributed by atoms with Gasteiger partial charge in [-0.05, 0) is 80.1 Å². The van der Waals surface area contributed by atoms with Gasteiger partial charge in [-0.3, -0.25) is 0 Å². The molecule has 25 heteroatoms. The fraction of sp³-hybridized carbons (Fsp3) is 0.840. The fourth-order valence-corrected chi connectivity index (χ4v) is 9.25. The van der Waals surface area contributed by atoms with Crippen LogP contribution in [0.15, 0.2) is 47.6 Å². The van der Waals surface area contributed by atoms with Gasteiger partial charge >= 0.3 is 0 Å². The van der Waals surface area contributed by atoms with Gasteiger partial charge in [0.15, 0.2) is 31.5 Å². The zero-order chi connectivity index (χ0) is 55.6. The first-order chi connectivity index (χ1) is 35.4. The minimum atomic E-state index is -1.81. The van der Waals surface area contributed by atoms with Gasteiger partial charge in [0.1, 0.15) is 110 Å². The van der Waals surface area contributed by atoms with Crippen LogP contribution < -0.4 is 0 Å². The number of aliphatic hydroxyl groups excluding tert-OH is 15. The van der Waals surface area contributed by atoms with E-state index in [2.05, 4.69) is 12.7 Å². The van der Waals surface area contributed by atoms with Crippen molar-refractivity contribution in [2.45, 2.75) is 239 Å². The van der Waals surface area contributed by atoms with Crippen molar-refractivity contribution in [3.05, 3.63) is 47.6 Å². The molecule has 26 atom stereocenters. The van der Waals surface area contributed by atoms with Gasteiger partial charge in [-0.1, -0.05) is 41.0 Å². The molecule has 0 spiro atoms. The van der Waals surface area contributed by atoms with E-state index in [0.29, 0.717) is 19.3 Å². The predicted molar refractivity (Wildman–Crippen MR) is 257 cm³/mol. The van der Waals surface area contributed by atoms with Crippen LogP contribution in [0.1, 0.15) is 80.1 Å². The van der Waals surface area contributed by atoms with Gasteiger partial charge in [-0.2, -0.15) is 0 Å². The molecule has 0 aromatic rings. The summed E-state index contributed by atoms with van der Waals surface area (Å²) in [6, 6.07) is 0. The molecular weight excluding hydrogens is 1000 g/mol. The van der Waals surface area contributed by atoms with Crippen LogP contribution in [0.3, 0.4) is 0 Å². The minimum absolute atomic E-state index is 0.0211. The zero-order valence-corrected chi connectivity index (χ0v) is 43.3. The molecular formula is C50H84O25. The number of rotatable bonds is 24. The minimum Gasteiger partial charge on any atom is -0.394 e. The molecule has 5 rings (SSSR count). The van der Waals surface area contributed by atoms with Crippen LogP contribution >= 0.6 is 0 Å². The summed E-state index contributed by atoms with van der Waals surface area (Å²) in [5, 5.41) is 157. The second-order valence-corrected chi connectivity index (χ2v) is 20.5. The van der Waals surface area contributed by atoms with Crippen LogP contribution in [0.5, 0.6) is 0 Å². The number of hydrogen-bond donors (Lipinski definition) is 15. The number of ether oxygens (including phenoxy) is 10. The summed E-state index contributed by atoms with van der Waals surface area (Å²) < 4.78 is 58.0. The summed E-state index contributed by atoms with van der Waals surface area (Å²) >= 11 is 0. The summed E-state index contributed by atoms with van der Waals surface area (Å²) in [5.74, 6) is 0. The van der Waals surface area contributed by atoms with Crippen LogP contribution in [0.4, 0.5) is 0 Å². The van der Waals surface area contributed by atoms with Crippen LogP contribution in [-0.4, -0.2) is 262 Å². The smallest absolute Gasteiger partial charge is 0.188 e. The Bertz CT molecular complexity index is 1840. The molecule has 75 heavy (non-hydrogen) atoms. The second kappa shape index (κ2) is 28.9. The molecule has 0 bridgehead atoms. The molecule has 25 nitrogen and oxygen atoms in total. The van der Waals surface area contributed by atoms with Crippen molar-refractivity contribution in [3.8, 4) is 0 Å². The van der Waals surface area contributed by atoms with Crippen LogP contribution in [0.2, 0.25) is 0 Å². The molecule has 0 aliphatic carbocycles. The molecule has 5 fully saturated rings. The highest BCUT2D eigenvalue weighted by atomic mass is 16.8. The highest BCUT2D eigenvalue weighted by Crippen LogP contribution is 2.35. The first-order valence-electron chi connectivity index (χ1n) is 25.5. The van der Waals surface area contributed by atoms with E-state index in [1.165, 1.54) is 19.9 Å². The maximum atomic E-state index is 11.3. The standard InChI is InChI=1S/C50H84O25/c1-8-50(7,75-49-44(37(60)33(56)28(19-52)71-49)74-48-41(64)36(59)32(55)27(18-51)70-48)17-11-16-23(3)13-9-12-22(2)14-10-15-24(4)20-66-46-42(65)38(61)43(73-47-40(63)35(58)31(54)26(6)69-47)29(72-46)21-67-45-39(62)34(57)30(53)25(5)68-45/h8,12,15-16,25-49,51-65H,1,9-11,13-14,17-21H2,2-7H3/t25-,26-,27+,28+,29+,30-,31-,32+,33+,34+,35+,36-,37-,38+,39+,40+,41+,42+,43+,44+,45+,46+,47-,48-,49-,50?/m0/s1. The molecule has 0 amide bonds. The van der Waals surface area contributed by atoms with E-state index in [1.807, 2.05) is 32.9 Å². The van der Waals surface area contributed by atoms with Crippen molar-refractivity contribution in [1.82, 2.24) is 0 Å². The Morgan fingerprint density at radius 3 is 1.44 bits per heavy atom. The predicted octanol–water partition coefficient (Wildman–Crippen LogP) is -3.73. The summed E-state index contributed by atoms with van der Waals surface area (Å²) in [6.07, 6.45) is -26.5. The molecule has 0 radical (unpaired) electrons. The first-order valence-corrected chi connectivity index (χ1v) is 25.5. The molecule has 15 N–H and O–H groups in total. The largest absolute Gasteiger partial charge is 0.394 e. The molecule has 1 unspecified atom stereocenters. The molecule has 5 aliphatic rings. The number of aliphatic hydroxyl groups is 15. The maximum Gasteiger partial charge on any atom is 0.188 e. The van der Waals surface area contributed by atoms with Crippen LogP contribution in [0, 0.1) is 0 Å². The molecule has 5 heterocycles. The fourth-order valence-electron chi connectivity index (χ4n) is 9.25. The lowest BCUT2D eigenvalue weighted by atomic mass is 9.95. The summed E-state index contributed by atoms with van der Waals surface area (Å²) in [5.41, 5.74) is 1.91.